The van der Waals surface area contributed by atoms with Gasteiger partial charge in [0.1, 0.15) is 12.1 Å². The Balaban J connectivity index is 2.69. The van der Waals surface area contributed by atoms with Crippen LogP contribution >= 0.6 is 0 Å². The summed E-state index contributed by atoms with van der Waals surface area (Å²) in [5, 5.41) is 11.6. The van der Waals surface area contributed by atoms with Crippen molar-refractivity contribution in [3.05, 3.63) is 35.9 Å². The molecule has 104 valence electrons. The Kier molecular flexibility index (Phi) is 5.51. The number of carbonyl (C=O) groups excluding carboxylic acids is 1. The third-order valence-corrected chi connectivity index (χ3v) is 2.76. The Bertz CT molecular complexity index is 432. The molecule has 0 saturated carbocycles. The molecule has 5 nitrogen and oxygen atoms in total. The van der Waals surface area contributed by atoms with Crippen LogP contribution in [0, 0.1) is 5.92 Å². The van der Waals surface area contributed by atoms with E-state index in [9.17, 15) is 9.59 Å². The molecule has 2 atom stereocenters. The van der Waals surface area contributed by atoms with Gasteiger partial charge in [0.25, 0.3) is 0 Å². The Hall–Kier alpha value is -1.88. The molecule has 1 aromatic rings. The minimum atomic E-state index is -1.04. The fourth-order valence-corrected chi connectivity index (χ4v) is 1.77. The second kappa shape index (κ2) is 6.89. The largest absolute Gasteiger partial charge is 0.480 e. The van der Waals surface area contributed by atoms with Gasteiger partial charge in [0, 0.05) is 0 Å². The molecule has 0 fully saturated rings. The lowest BCUT2D eigenvalue weighted by molar-refractivity contribution is -0.142. The van der Waals surface area contributed by atoms with E-state index in [4.69, 9.17) is 10.8 Å². The quantitative estimate of drug-likeness (QED) is 0.722. The number of amides is 1. The van der Waals surface area contributed by atoms with Gasteiger partial charge in [0.05, 0.1) is 0 Å². The normalized spacial score (nSPS) is 13.9. The van der Waals surface area contributed by atoms with Crippen molar-refractivity contribution in [2.75, 3.05) is 0 Å². The van der Waals surface area contributed by atoms with Gasteiger partial charge in [-0.3, -0.25) is 4.79 Å². The summed E-state index contributed by atoms with van der Waals surface area (Å²) in [4.78, 5) is 23.0. The molecular weight excluding hydrogens is 244 g/mol. The first-order valence-electron chi connectivity index (χ1n) is 6.25. The van der Waals surface area contributed by atoms with Crippen LogP contribution in [0.2, 0.25) is 0 Å². The van der Waals surface area contributed by atoms with Crippen molar-refractivity contribution in [2.24, 2.45) is 11.7 Å². The maximum atomic E-state index is 11.9. The second-order valence-corrected chi connectivity index (χ2v) is 4.92. The van der Waals surface area contributed by atoms with E-state index < -0.39 is 24.0 Å². The number of rotatable bonds is 6. The fraction of sp³-hybridized carbons (Fsp3) is 0.429. The van der Waals surface area contributed by atoms with Crippen molar-refractivity contribution in [1.29, 1.82) is 0 Å². The molecule has 0 bridgehead atoms. The second-order valence-electron chi connectivity index (χ2n) is 4.92. The molecule has 0 heterocycles. The highest BCUT2D eigenvalue weighted by molar-refractivity contribution is 5.87. The molecule has 0 radical (unpaired) electrons. The third kappa shape index (κ3) is 4.71. The molecule has 5 heteroatoms. The van der Waals surface area contributed by atoms with E-state index in [1.165, 1.54) is 0 Å². The Morgan fingerprint density at radius 1 is 1.26 bits per heavy atom. The predicted molar refractivity (Wildman–Crippen MR) is 72.4 cm³/mol. The fourth-order valence-electron chi connectivity index (χ4n) is 1.77. The Morgan fingerprint density at radius 2 is 1.84 bits per heavy atom. The number of carboxylic acids is 1. The summed E-state index contributed by atoms with van der Waals surface area (Å²) < 4.78 is 0. The number of carbonyl (C=O) groups is 2. The van der Waals surface area contributed by atoms with E-state index in [1.807, 2.05) is 19.9 Å². The van der Waals surface area contributed by atoms with Crippen molar-refractivity contribution in [2.45, 2.75) is 32.4 Å². The summed E-state index contributed by atoms with van der Waals surface area (Å²) in [6.45, 7) is 3.80. The average Bonchev–Trinajstić information content (AvgIpc) is 2.37. The van der Waals surface area contributed by atoms with Crippen molar-refractivity contribution >= 4 is 11.9 Å². The standard InChI is InChI=1S/C14H20N2O3/c1-9(2)8-11(14(18)19)16-13(17)12(15)10-6-4-3-5-7-10/h3-7,9,11-12H,8,15H2,1-2H3,(H,16,17)(H,18,19)/t11-,12-/m0/s1. The summed E-state index contributed by atoms with van der Waals surface area (Å²) in [5.74, 6) is -1.34. The van der Waals surface area contributed by atoms with Gasteiger partial charge in [-0.2, -0.15) is 0 Å². The average molecular weight is 264 g/mol. The number of aliphatic carboxylic acids is 1. The zero-order valence-electron chi connectivity index (χ0n) is 11.2. The van der Waals surface area contributed by atoms with Gasteiger partial charge < -0.3 is 16.2 Å². The van der Waals surface area contributed by atoms with Crippen LogP contribution in [0.5, 0.6) is 0 Å². The van der Waals surface area contributed by atoms with Gasteiger partial charge in [-0.1, -0.05) is 44.2 Å². The number of hydrogen-bond acceptors (Lipinski definition) is 3. The van der Waals surface area contributed by atoms with Crippen molar-refractivity contribution in [1.82, 2.24) is 5.32 Å². The van der Waals surface area contributed by atoms with Crippen LogP contribution in [0.1, 0.15) is 31.9 Å². The zero-order valence-corrected chi connectivity index (χ0v) is 11.2. The summed E-state index contributed by atoms with van der Waals surface area (Å²) in [6.07, 6.45) is 0.378. The van der Waals surface area contributed by atoms with Crippen LogP contribution in [0.15, 0.2) is 30.3 Å². The van der Waals surface area contributed by atoms with E-state index in [2.05, 4.69) is 5.32 Å². The highest BCUT2D eigenvalue weighted by Crippen LogP contribution is 2.11. The van der Waals surface area contributed by atoms with Crippen LogP contribution in [0.3, 0.4) is 0 Å². The predicted octanol–water partition coefficient (Wildman–Crippen LogP) is 1.30. The van der Waals surface area contributed by atoms with Crippen LogP contribution in [0.25, 0.3) is 0 Å². The first-order chi connectivity index (χ1) is 8.91. The molecule has 0 spiro atoms. The highest BCUT2D eigenvalue weighted by Gasteiger charge is 2.24. The minimum absolute atomic E-state index is 0.175. The molecule has 1 rings (SSSR count). The number of nitrogens with one attached hydrogen (secondary N) is 1. The smallest absolute Gasteiger partial charge is 0.326 e. The summed E-state index contributed by atoms with van der Waals surface area (Å²) in [5.41, 5.74) is 6.47. The van der Waals surface area contributed by atoms with Crippen molar-refractivity contribution < 1.29 is 14.7 Å². The van der Waals surface area contributed by atoms with E-state index in [0.29, 0.717) is 12.0 Å². The number of benzene rings is 1. The van der Waals surface area contributed by atoms with E-state index in [-0.39, 0.29) is 5.92 Å². The van der Waals surface area contributed by atoms with Gasteiger partial charge in [0.2, 0.25) is 5.91 Å². The Morgan fingerprint density at radius 3 is 2.32 bits per heavy atom. The van der Waals surface area contributed by atoms with Crippen molar-refractivity contribution in [3.63, 3.8) is 0 Å². The van der Waals surface area contributed by atoms with E-state index >= 15 is 0 Å². The maximum Gasteiger partial charge on any atom is 0.326 e. The topological polar surface area (TPSA) is 92.4 Å². The Labute approximate surface area is 112 Å². The maximum absolute atomic E-state index is 11.9. The lowest BCUT2D eigenvalue weighted by atomic mass is 10.0. The van der Waals surface area contributed by atoms with Gasteiger partial charge in [-0.15, -0.1) is 0 Å². The lowest BCUT2D eigenvalue weighted by Crippen LogP contribution is -2.45. The van der Waals surface area contributed by atoms with Gasteiger partial charge in [0.15, 0.2) is 0 Å². The number of nitrogens with two attached hydrogens (primary N) is 1. The summed E-state index contributed by atoms with van der Waals surface area (Å²) in [7, 11) is 0. The van der Waals surface area contributed by atoms with Gasteiger partial charge in [-0.05, 0) is 17.9 Å². The molecule has 0 aromatic heterocycles. The van der Waals surface area contributed by atoms with E-state index in [0.717, 1.165) is 0 Å². The zero-order chi connectivity index (χ0) is 14.4. The summed E-state index contributed by atoms with van der Waals surface area (Å²) in [6, 6.07) is 7.12. The first-order valence-corrected chi connectivity index (χ1v) is 6.25. The van der Waals surface area contributed by atoms with Crippen LogP contribution in [0.4, 0.5) is 0 Å². The van der Waals surface area contributed by atoms with Crippen LogP contribution in [-0.4, -0.2) is 23.0 Å². The van der Waals surface area contributed by atoms with E-state index in [1.54, 1.807) is 24.3 Å². The van der Waals surface area contributed by atoms with Crippen LogP contribution in [-0.2, 0) is 9.59 Å². The SMILES string of the molecule is CC(C)C[C@H](NC(=O)[C@@H](N)c1ccccc1)C(=O)O. The molecule has 0 unspecified atom stereocenters. The first kappa shape index (κ1) is 15.2. The molecular formula is C14H20N2O3. The molecule has 19 heavy (non-hydrogen) atoms. The molecule has 0 aliphatic carbocycles. The van der Waals surface area contributed by atoms with Gasteiger partial charge in [-0.25, -0.2) is 4.79 Å². The molecule has 1 amide bonds. The van der Waals surface area contributed by atoms with Crippen molar-refractivity contribution in [3.8, 4) is 0 Å². The van der Waals surface area contributed by atoms with Crippen LogP contribution < -0.4 is 11.1 Å². The molecule has 0 saturated heterocycles. The molecule has 1 aromatic carbocycles. The number of hydrogen-bond donors (Lipinski definition) is 3. The monoisotopic (exact) mass is 264 g/mol. The highest BCUT2D eigenvalue weighted by atomic mass is 16.4. The number of carboxylic acid groups (broad SMARTS) is 1. The molecule has 0 aliphatic heterocycles. The molecule has 4 N–H and O–H groups in total. The summed E-state index contributed by atoms with van der Waals surface area (Å²) >= 11 is 0. The van der Waals surface area contributed by atoms with Gasteiger partial charge >= 0.3 is 5.97 Å². The third-order valence-electron chi connectivity index (χ3n) is 2.76. The lowest BCUT2D eigenvalue weighted by Gasteiger charge is -2.19. The molecule has 0 aliphatic rings. The minimum Gasteiger partial charge on any atom is -0.480 e.